The number of morpholine rings is 1. The maximum Gasteiger partial charge on any atom is 0.253 e. The topological polar surface area (TPSA) is 88.0 Å². The summed E-state index contributed by atoms with van der Waals surface area (Å²) in [6.07, 6.45) is 3.88. The molecule has 2 aromatic rings. The zero-order valence-electron chi connectivity index (χ0n) is 19.4. The lowest BCUT2D eigenvalue weighted by Crippen LogP contribution is -2.49. The van der Waals surface area contributed by atoms with Crippen LogP contribution in [0.25, 0.3) is 0 Å². The summed E-state index contributed by atoms with van der Waals surface area (Å²) in [5, 5.41) is 0. The van der Waals surface area contributed by atoms with Crippen molar-refractivity contribution in [2.24, 2.45) is 0 Å². The van der Waals surface area contributed by atoms with Crippen LogP contribution in [0.1, 0.15) is 35.9 Å². The van der Waals surface area contributed by atoms with Gasteiger partial charge in [0.15, 0.2) is 0 Å². The van der Waals surface area contributed by atoms with Crippen molar-refractivity contribution in [1.29, 1.82) is 0 Å². The number of sulfonamides is 1. The summed E-state index contributed by atoms with van der Waals surface area (Å²) in [5.74, 6) is 1.44. The summed E-state index contributed by atoms with van der Waals surface area (Å²) >= 11 is 0. The van der Waals surface area contributed by atoms with Gasteiger partial charge in [-0.2, -0.15) is 4.31 Å². The van der Waals surface area contributed by atoms with Gasteiger partial charge in [0.25, 0.3) is 5.91 Å². The maximum atomic E-state index is 13.0. The summed E-state index contributed by atoms with van der Waals surface area (Å²) in [6, 6.07) is 6.31. The van der Waals surface area contributed by atoms with Crippen molar-refractivity contribution < 1.29 is 17.9 Å². The number of ether oxygens (including phenoxy) is 1. The second-order valence-electron chi connectivity index (χ2n) is 8.81. The van der Waals surface area contributed by atoms with Gasteiger partial charge < -0.3 is 14.2 Å². The summed E-state index contributed by atoms with van der Waals surface area (Å²) in [7, 11) is -3.55. The Morgan fingerprint density at radius 1 is 1.00 bits per heavy atom. The Hall–Kier alpha value is -2.27. The van der Waals surface area contributed by atoms with Gasteiger partial charge in [0.05, 0.1) is 18.1 Å². The van der Waals surface area contributed by atoms with Crippen molar-refractivity contribution in [3.05, 3.63) is 48.0 Å². The van der Waals surface area contributed by atoms with Crippen molar-refractivity contribution in [2.75, 3.05) is 59.0 Å². The van der Waals surface area contributed by atoms with Crippen molar-refractivity contribution >= 4 is 15.9 Å². The SMILES string of the molecule is CC(C)c1nccn1CCN1CCN(C(=O)c2ccc(S(=O)(=O)N3CCOCC3)cc2)CC1. The predicted molar refractivity (Wildman–Crippen MR) is 125 cm³/mol. The lowest BCUT2D eigenvalue weighted by molar-refractivity contribution is 0.0632. The molecule has 1 aromatic carbocycles. The van der Waals surface area contributed by atoms with E-state index >= 15 is 0 Å². The molecule has 0 radical (unpaired) electrons. The number of amides is 1. The van der Waals surface area contributed by atoms with Crippen molar-refractivity contribution in [2.45, 2.75) is 31.2 Å². The highest BCUT2D eigenvalue weighted by atomic mass is 32.2. The molecule has 1 aromatic heterocycles. The second kappa shape index (κ2) is 10.3. The van der Waals surface area contributed by atoms with E-state index in [9.17, 15) is 13.2 Å². The van der Waals surface area contributed by atoms with Crippen LogP contribution in [-0.2, 0) is 21.3 Å². The third kappa shape index (κ3) is 5.46. The fourth-order valence-electron chi connectivity index (χ4n) is 4.32. The fraction of sp³-hybridized carbons (Fsp3) is 0.565. The number of benzene rings is 1. The second-order valence-corrected chi connectivity index (χ2v) is 10.7. The van der Waals surface area contributed by atoms with Gasteiger partial charge in [-0.15, -0.1) is 0 Å². The van der Waals surface area contributed by atoms with Gasteiger partial charge in [0.1, 0.15) is 5.82 Å². The lowest BCUT2D eigenvalue weighted by atomic mass is 10.2. The number of aromatic nitrogens is 2. The van der Waals surface area contributed by atoms with Crippen LogP contribution in [0.5, 0.6) is 0 Å². The first-order valence-corrected chi connectivity index (χ1v) is 13.0. The first-order chi connectivity index (χ1) is 15.9. The van der Waals surface area contributed by atoms with Crippen LogP contribution in [-0.4, -0.2) is 97.0 Å². The van der Waals surface area contributed by atoms with E-state index in [1.165, 1.54) is 16.4 Å². The van der Waals surface area contributed by atoms with Gasteiger partial charge in [0, 0.05) is 76.2 Å². The van der Waals surface area contributed by atoms with E-state index in [2.05, 4.69) is 28.3 Å². The smallest absolute Gasteiger partial charge is 0.253 e. The first kappa shape index (κ1) is 23.9. The van der Waals surface area contributed by atoms with E-state index in [-0.39, 0.29) is 10.8 Å². The molecule has 9 nitrogen and oxygen atoms in total. The number of piperazine rings is 1. The van der Waals surface area contributed by atoms with Gasteiger partial charge in [-0.3, -0.25) is 9.69 Å². The van der Waals surface area contributed by atoms with Crippen molar-refractivity contribution in [3.63, 3.8) is 0 Å². The standard InChI is InChI=1S/C23H33N5O4S/c1-19(2)22-24-7-8-26(22)12-9-25-10-13-27(14-11-25)23(29)20-3-5-21(6-4-20)33(30,31)28-15-17-32-18-16-28/h3-8,19H,9-18H2,1-2H3. The Morgan fingerprint density at radius 3 is 2.30 bits per heavy atom. The van der Waals surface area contributed by atoms with E-state index in [1.807, 2.05) is 17.3 Å². The quantitative estimate of drug-likeness (QED) is 0.603. The third-order valence-electron chi connectivity index (χ3n) is 6.29. The fourth-order valence-corrected chi connectivity index (χ4v) is 5.73. The molecule has 180 valence electrons. The maximum absolute atomic E-state index is 13.0. The minimum Gasteiger partial charge on any atom is -0.379 e. The zero-order valence-corrected chi connectivity index (χ0v) is 20.2. The molecule has 33 heavy (non-hydrogen) atoms. The molecule has 0 unspecified atom stereocenters. The zero-order chi connectivity index (χ0) is 23.4. The lowest BCUT2D eigenvalue weighted by Gasteiger charge is -2.35. The van der Waals surface area contributed by atoms with Gasteiger partial charge in [-0.25, -0.2) is 13.4 Å². The molecule has 1 amide bonds. The molecule has 0 N–H and O–H groups in total. The molecular weight excluding hydrogens is 442 g/mol. The summed E-state index contributed by atoms with van der Waals surface area (Å²) in [4.78, 5) is 21.8. The molecule has 3 heterocycles. The van der Waals surface area contributed by atoms with Crippen LogP contribution in [0, 0.1) is 0 Å². The summed E-state index contributed by atoms with van der Waals surface area (Å²) < 4.78 is 34.4. The highest BCUT2D eigenvalue weighted by Crippen LogP contribution is 2.19. The van der Waals surface area contributed by atoms with E-state index in [4.69, 9.17) is 4.74 Å². The monoisotopic (exact) mass is 475 g/mol. The first-order valence-electron chi connectivity index (χ1n) is 11.6. The Labute approximate surface area is 196 Å². The number of hydrogen-bond acceptors (Lipinski definition) is 6. The Bertz CT molecular complexity index is 1040. The Morgan fingerprint density at radius 2 is 1.67 bits per heavy atom. The number of carbonyl (C=O) groups is 1. The Balaban J connectivity index is 1.30. The van der Waals surface area contributed by atoms with Gasteiger partial charge >= 0.3 is 0 Å². The highest BCUT2D eigenvalue weighted by Gasteiger charge is 2.27. The molecule has 0 bridgehead atoms. The van der Waals surface area contributed by atoms with Crippen LogP contribution in [0.15, 0.2) is 41.6 Å². The minimum atomic E-state index is -3.55. The van der Waals surface area contributed by atoms with E-state index in [1.54, 1.807) is 12.1 Å². The number of carbonyl (C=O) groups excluding carboxylic acids is 1. The molecule has 2 saturated heterocycles. The molecule has 0 aliphatic carbocycles. The molecule has 2 fully saturated rings. The normalized spacial score (nSPS) is 18.7. The number of rotatable bonds is 7. The molecule has 0 saturated carbocycles. The van der Waals surface area contributed by atoms with Crippen LogP contribution in [0.3, 0.4) is 0 Å². The molecule has 2 aliphatic rings. The van der Waals surface area contributed by atoms with E-state index < -0.39 is 10.0 Å². The molecule has 0 spiro atoms. The molecule has 0 atom stereocenters. The van der Waals surface area contributed by atoms with Crippen LogP contribution < -0.4 is 0 Å². The number of hydrogen-bond donors (Lipinski definition) is 0. The summed E-state index contributed by atoms with van der Waals surface area (Å²) in [6.45, 7) is 10.6. The molecular formula is C23H33N5O4S. The number of imidazole rings is 1. The Kier molecular flexibility index (Phi) is 7.48. The van der Waals surface area contributed by atoms with Crippen molar-refractivity contribution in [1.82, 2.24) is 23.7 Å². The van der Waals surface area contributed by atoms with Crippen LogP contribution >= 0.6 is 0 Å². The van der Waals surface area contributed by atoms with Gasteiger partial charge in [0.2, 0.25) is 10.0 Å². The average molecular weight is 476 g/mol. The van der Waals surface area contributed by atoms with E-state index in [0.29, 0.717) is 50.9 Å². The predicted octanol–water partition coefficient (Wildman–Crippen LogP) is 1.49. The highest BCUT2D eigenvalue weighted by molar-refractivity contribution is 7.89. The van der Waals surface area contributed by atoms with Crippen molar-refractivity contribution in [3.8, 4) is 0 Å². The van der Waals surface area contributed by atoms with Gasteiger partial charge in [-0.05, 0) is 24.3 Å². The molecule has 4 rings (SSSR count). The number of nitrogens with zero attached hydrogens (tertiary/aromatic N) is 5. The van der Waals surface area contributed by atoms with Crippen LogP contribution in [0.4, 0.5) is 0 Å². The van der Waals surface area contributed by atoms with Gasteiger partial charge in [-0.1, -0.05) is 13.8 Å². The van der Waals surface area contributed by atoms with Crippen LogP contribution in [0.2, 0.25) is 0 Å². The molecule has 2 aliphatic heterocycles. The summed E-state index contributed by atoms with van der Waals surface area (Å²) in [5.41, 5.74) is 0.518. The average Bonchev–Trinajstić information content (AvgIpc) is 3.32. The molecule has 10 heteroatoms. The van der Waals surface area contributed by atoms with E-state index in [0.717, 1.165) is 32.0 Å². The largest absolute Gasteiger partial charge is 0.379 e. The third-order valence-corrected chi connectivity index (χ3v) is 8.20. The minimum absolute atomic E-state index is 0.0540.